The van der Waals surface area contributed by atoms with E-state index in [-0.39, 0.29) is 18.4 Å². The number of ether oxygens (including phenoxy) is 1. The third-order valence-corrected chi connectivity index (χ3v) is 4.42. The van der Waals surface area contributed by atoms with E-state index in [4.69, 9.17) is 4.74 Å². The van der Waals surface area contributed by atoms with Crippen molar-refractivity contribution in [2.24, 2.45) is 0 Å². The summed E-state index contributed by atoms with van der Waals surface area (Å²) >= 11 is 1.56. The van der Waals surface area contributed by atoms with Gasteiger partial charge in [0, 0.05) is 17.1 Å². The molecule has 1 aliphatic heterocycles. The summed E-state index contributed by atoms with van der Waals surface area (Å²) in [6, 6.07) is 9.26. The minimum atomic E-state index is -0.0718. The zero-order valence-electron chi connectivity index (χ0n) is 12.9. The highest BCUT2D eigenvalue weighted by molar-refractivity contribution is 7.10. The minimum Gasteiger partial charge on any atom is -0.482 e. The second-order valence-corrected chi connectivity index (χ2v) is 6.35. The van der Waals surface area contributed by atoms with E-state index in [9.17, 15) is 9.59 Å². The average Bonchev–Trinajstić information content (AvgIpc) is 3.03. The number of carbonyl (C=O) groups excluding carboxylic acids is 2. The largest absolute Gasteiger partial charge is 0.482 e. The monoisotopic (exact) mass is 330 g/mol. The van der Waals surface area contributed by atoms with Gasteiger partial charge >= 0.3 is 0 Å². The van der Waals surface area contributed by atoms with Gasteiger partial charge in [-0.15, -0.1) is 11.3 Å². The van der Waals surface area contributed by atoms with Crippen molar-refractivity contribution in [1.29, 1.82) is 0 Å². The molecule has 0 atom stereocenters. The lowest BCUT2D eigenvalue weighted by molar-refractivity contribution is -0.121. The van der Waals surface area contributed by atoms with Gasteiger partial charge in [-0.05, 0) is 36.1 Å². The van der Waals surface area contributed by atoms with E-state index < -0.39 is 0 Å². The van der Waals surface area contributed by atoms with E-state index in [0.717, 1.165) is 17.0 Å². The van der Waals surface area contributed by atoms with Crippen LogP contribution in [-0.4, -0.2) is 25.0 Å². The van der Waals surface area contributed by atoms with E-state index >= 15 is 0 Å². The second-order valence-electron chi connectivity index (χ2n) is 5.32. The van der Waals surface area contributed by atoms with Crippen molar-refractivity contribution < 1.29 is 14.3 Å². The molecule has 3 rings (SSSR count). The lowest BCUT2D eigenvalue weighted by Crippen LogP contribution is -2.39. The Morgan fingerprint density at radius 1 is 1.39 bits per heavy atom. The number of hydrogen-bond acceptors (Lipinski definition) is 4. The Balaban J connectivity index is 1.76. The SMILES string of the molecule is CCCN1C(=O)COc2ccc(NC(=O)Cc3cccs3)cc21. The topological polar surface area (TPSA) is 58.6 Å². The molecule has 0 aliphatic carbocycles. The molecule has 1 N–H and O–H groups in total. The van der Waals surface area contributed by atoms with Crippen LogP contribution < -0.4 is 15.0 Å². The zero-order valence-corrected chi connectivity index (χ0v) is 13.7. The molecule has 120 valence electrons. The van der Waals surface area contributed by atoms with E-state index in [2.05, 4.69) is 5.32 Å². The van der Waals surface area contributed by atoms with Gasteiger partial charge in [-0.25, -0.2) is 0 Å². The Hall–Kier alpha value is -2.34. The molecular formula is C17H18N2O3S. The van der Waals surface area contributed by atoms with Crippen molar-refractivity contribution in [3.63, 3.8) is 0 Å². The van der Waals surface area contributed by atoms with Gasteiger partial charge in [0.25, 0.3) is 5.91 Å². The van der Waals surface area contributed by atoms with Gasteiger partial charge in [-0.1, -0.05) is 13.0 Å². The van der Waals surface area contributed by atoms with E-state index in [1.165, 1.54) is 0 Å². The maximum absolute atomic E-state index is 12.1. The second kappa shape index (κ2) is 6.83. The van der Waals surface area contributed by atoms with Crippen molar-refractivity contribution in [3.8, 4) is 5.75 Å². The molecule has 2 amide bonds. The van der Waals surface area contributed by atoms with Crippen LogP contribution in [0.1, 0.15) is 18.2 Å². The molecule has 5 nitrogen and oxygen atoms in total. The molecule has 0 unspecified atom stereocenters. The normalized spacial score (nSPS) is 13.4. The molecule has 0 spiro atoms. The van der Waals surface area contributed by atoms with Crippen molar-refractivity contribution in [1.82, 2.24) is 0 Å². The summed E-state index contributed by atoms with van der Waals surface area (Å²) in [5, 5.41) is 4.83. The molecule has 23 heavy (non-hydrogen) atoms. The third kappa shape index (κ3) is 3.53. The highest BCUT2D eigenvalue weighted by Gasteiger charge is 2.25. The summed E-state index contributed by atoms with van der Waals surface area (Å²) in [5.41, 5.74) is 1.39. The number of nitrogens with zero attached hydrogens (tertiary/aromatic N) is 1. The number of anilines is 2. The quantitative estimate of drug-likeness (QED) is 0.916. The van der Waals surface area contributed by atoms with Crippen LogP contribution in [0, 0.1) is 0 Å². The van der Waals surface area contributed by atoms with Gasteiger partial charge in [0.05, 0.1) is 12.1 Å². The van der Waals surface area contributed by atoms with Crippen LogP contribution in [0.2, 0.25) is 0 Å². The van der Waals surface area contributed by atoms with E-state index in [1.54, 1.807) is 34.4 Å². The Bertz CT molecular complexity index is 713. The maximum Gasteiger partial charge on any atom is 0.265 e. The number of benzene rings is 1. The lowest BCUT2D eigenvalue weighted by atomic mass is 10.2. The Morgan fingerprint density at radius 3 is 3.00 bits per heavy atom. The molecular weight excluding hydrogens is 312 g/mol. The molecule has 6 heteroatoms. The van der Waals surface area contributed by atoms with Crippen LogP contribution in [0.15, 0.2) is 35.7 Å². The van der Waals surface area contributed by atoms with Crippen LogP contribution in [-0.2, 0) is 16.0 Å². The Morgan fingerprint density at radius 2 is 2.26 bits per heavy atom. The molecule has 1 aromatic carbocycles. The van der Waals surface area contributed by atoms with Gasteiger partial charge in [-0.3, -0.25) is 9.59 Å². The van der Waals surface area contributed by atoms with Crippen LogP contribution in [0.25, 0.3) is 0 Å². The maximum atomic E-state index is 12.1. The number of carbonyl (C=O) groups is 2. The predicted octanol–water partition coefficient (Wildman–Crippen LogP) is 3.06. The first-order chi connectivity index (χ1) is 11.2. The summed E-state index contributed by atoms with van der Waals surface area (Å²) in [7, 11) is 0. The lowest BCUT2D eigenvalue weighted by Gasteiger charge is -2.29. The van der Waals surface area contributed by atoms with E-state index in [0.29, 0.717) is 24.4 Å². The van der Waals surface area contributed by atoms with Gasteiger partial charge in [0.1, 0.15) is 5.75 Å². The first kappa shape index (κ1) is 15.6. The number of thiophene rings is 1. The predicted molar refractivity (Wildman–Crippen MR) is 91.2 cm³/mol. The fourth-order valence-corrected chi connectivity index (χ4v) is 3.23. The highest BCUT2D eigenvalue weighted by Crippen LogP contribution is 2.34. The van der Waals surface area contributed by atoms with Gasteiger partial charge < -0.3 is 15.0 Å². The summed E-state index contributed by atoms with van der Waals surface area (Å²) in [4.78, 5) is 26.8. The fourth-order valence-electron chi connectivity index (χ4n) is 2.53. The third-order valence-electron chi connectivity index (χ3n) is 3.55. The molecule has 2 aromatic rings. The summed E-state index contributed by atoms with van der Waals surface area (Å²) in [6.45, 7) is 2.73. The molecule has 0 saturated heterocycles. The summed E-state index contributed by atoms with van der Waals surface area (Å²) in [6.07, 6.45) is 1.21. The van der Waals surface area contributed by atoms with Crippen LogP contribution in [0.5, 0.6) is 5.75 Å². The summed E-state index contributed by atoms with van der Waals surface area (Å²) in [5.74, 6) is 0.549. The van der Waals surface area contributed by atoms with Crippen molar-refractivity contribution in [2.45, 2.75) is 19.8 Å². The summed E-state index contributed by atoms with van der Waals surface area (Å²) < 4.78 is 5.46. The van der Waals surface area contributed by atoms with Crippen LogP contribution >= 0.6 is 11.3 Å². The molecule has 0 saturated carbocycles. The minimum absolute atomic E-state index is 0.0542. The first-order valence-corrected chi connectivity index (χ1v) is 8.45. The van der Waals surface area contributed by atoms with Crippen molar-refractivity contribution >= 4 is 34.5 Å². The van der Waals surface area contributed by atoms with Gasteiger partial charge in [0.15, 0.2) is 6.61 Å². The number of nitrogens with one attached hydrogen (secondary N) is 1. The molecule has 2 heterocycles. The van der Waals surface area contributed by atoms with E-state index in [1.807, 2.05) is 24.4 Å². The van der Waals surface area contributed by atoms with Crippen molar-refractivity contribution in [2.75, 3.05) is 23.4 Å². The molecule has 1 aliphatic rings. The van der Waals surface area contributed by atoms with Crippen molar-refractivity contribution in [3.05, 3.63) is 40.6 Å². The smallest absolute Gasteiger partial charge is 0.265 e. The number of fused-ring (bicyclic) bond motifs is 1. The number of hydrogen-bond donors (Lipinski definition) is 1. The molecule has 0 fully saturated rings. The molecule has 0 bridgehead atoms. The first-order valence-electron chi connectivity index (χ1n) is 7.57. The average molecular weight is 330 g/mol. The van der Waals surface area contributed by atoms with Crippen LogP contribution in [0.4, 0.5) is 11.4 Å². The molecule has 0 radical (unpaired) electrons. The zero-order chi connectivity index (χ0) is 16.2. The van der Waals surface area contributed by atoms with Gasteiger partial charge in [0.2, 0.25) is 5.91 Å². The highest BCUT2D eigenvalue weighted by atomic mass is 32.1. The Labute approximate surface area is 138 Å². The van der Waals surface area contributed by atoms with Crippen LogP contribution in [0.3, 0.4) is 0 Å². The standard InChI is InChI=1S/C17H18N2O3S/c1-2-7-19-14-9-12(5-6-15(14)22-11-17(19)21)18-16(20)10-13-4-3-8-23-13/h3-6,8-9H,2,7,10-11H2,1H3,(H,18,20). The fraction of sp³-hybridized carbons (Fsp3) is 0.294. The van der Waals surface area contributed by atoms with Gasteiger partial charge in [-0.2, -0.15) is 0 Å². The number of rotatable bonds is 5. The Kier molecular flexibility index (Phi) is 4.62. The molecule has 1 aromatic heterocycles. The number of amides is 2.